The van der Waals surface area contributed by atoms with Gasteiger partial charge in [-0.05, 0) is 48.6 Å². The van der Waals surface area contributed by atoms with E-state index in [0.717, 1.165) is 16.8 Å². The zero-order chi connectivity index (χ0) is 21.3. The summed E-state index contributed by atoms with van der Waals surface area (Å²) in [6, 6.07) is 13.5. The first-order valence-corrected chi connectivity index (χ1v) is 9.67. The van der Waals surface area contributed by atoms with Crippen LogP contribution in [-0.4, -0.2) is 36.9 Å². The van der Waals surface area contributed by atoms with Crippen molar-refractivity contribution in [3.63, 3.8) is 0 Å². The Balaban J connectivity index is 1.74. The third-order valence-electron chi connectivity index (χ3n) is 4.97. The van der Waals surface area contributed by atoms with Crippen molar-refractivity contribution in [1.29, 1.82) is 0 Å². The van der Waals surface area contributed by atoms with Crippen LogP contribution >= 0.6 is 0 Å². The van der Waals surface area contributed by atoms with Crippen LogP contribution in [0.4, 0.5) is 10.2 Å². The summed E-state index contributed by atoms with van der Waals surface area (Å²) in [5.74, 6) is 0.653. The van der Waals surface area contributed by atoms with Crippen molar-refractivity contribution in [1.82, 2.24) is 19.7 Å². The van der Waals surface area contributed by atoms with E-state index in [-0.39, 0.29) is 5.82 Å². The number of hydrogen-bond donors (Lipinski definition) is 3. The molecule has 3 N–H and O–H groups in total. The standard InChI is InChI=1S/C21H21BFN5O2/c1-3-18-20(24-12-14-6-4-7-15(23)11-14)25-21(27-26-18)28-13(2)10-16-17(22(29)30)8-5-9-19(16)28/h4-11,29-30H,3,12H2,1-2H3,(H,24,25,27). The molecule has 7 nitrogen and oxygen atoms in total. The van der Waals surface area contributed by atoms with Crippen LogP contribution in [0.5, 0.6) is 0 Å². The second-order valence-electron chi connectivity index (χ2n) is 7.02. The number of halogens is 1. The number of hydrogen-bond acceptors (Lipinski definition) is 6. The fraction of sp³-hybridized carbons (Fsp3) is 0.190. The molecule has 0 saturated carbocycles. The Morgan fingerprint density at radius 3 is 2.63 bits per heavy atom. The summed E-state index contributed by atoms with van der Waals surface area (Å²) in [7, 11) is -1.58. The van der Waals surface area contributed by atoms with E-state index >= 15 is 0 Å². The molecule has 4 aromatic rings. The Morgan fingerprint density at radius 2 is 1.90 bits per heavy atom. The van der Waals surface area contributed by atoms with Crippen molar-refractivity contribution >= 4 is 29.3 Å². The molecule has 0 atom stereocenters. The molecule has 2 heterocycles. The molecule has 0 aliphatic carbocycles. The summed E-state index contributed by atoms with van der Waals surface area (Å²) in [4.78, 5) is 4.67. The van der Waals surface area contributed by atoms with Gasteiger partial charge < -0.3 is 15.4 Å². The maximum Gasteiger partial charge on any atom is 0.489 e. The first-order valence-electron chi connectivity index (χ1n) is 9.67. The van der Waals surface area contributed by atoms with Crippen LogP contribution in [0.15, 0.2) is 48.5 Å². The third kappa shape index (κ3) is 3.77. The van der Waals surface area contributed by atoms with Crippen molar-refractivity contribution in [3.8, 4) is 5.95 Å². The van der Waals surface area contributed by atoms with Crippen LogP contribution < -0.4 is 10.8 Å². The zero-order valence-corrected chi connectivity index (χ0v) is 16.7. The van der Waals surface area contributed by atoms with Gasteiger partial charge in [0.05, 0.1) is 5.52 Å². The highest BCUT2D eigenvalue weighted by Crippen LogP contribution is 2.22. The lowest BCUT2D eigenvalue weighted by Gasteiger charge is -2.12. The van der Waals surface area contributed by atoms with Gasteiger partial charge in [0.15, 0.2) is 5.82 Å². The van der Waals surface area contributed by atoms with E-state index in [2.05, 4.69) is 20.5 Å². The molecule has 0 aliphatic heterocycles. The van der Waals surface area contributed by atoms with Crippen LogP contribution in [0, 0.1) is 12.7 Å². The number of nitrogens with one attached hydrogen (secondary N) is 1. The molecule has 0 spiro atoms. The highest BCUT2D eigenvalue weighted by Gasteiger charge is 2.19. The first-order chi connectivity index (χ1) is 14.5. The SMILES string of the molecule is CCc1nnc(-n2c(C)cc3c(B(O)O)cccc32)nc1NCc1cccc(F)c1. The van der Waals surface area contributed by atoms with E-state index in [4.69, 9.17) is 0 Å². The minimum absolute atomic E-state index is 0.289. The van der Waals surface area contributed by atoms with Crippen molar-refractivity contribution in [2.24, 2.45) is 0 Å². The molecule has 9 heteroatoms. The number of aryl methyl sites for hydroxylation is 2. The van der Waals surface area contributed by atoms with Gasteiger partial charge in [-0.3, -0.25) is 4.57 Å². The van der Waals surface area contributed by atoms with Gasteiger partial charge in [-0.25, -0.2) is 4.39 Å². The molecule has 0 fully saturated rings. The molecule has 2 aromatic heterocycles. The van der Waals surface area contributed by atoms with Crippen molar-refractivity contribution in [3.05, 3.63) is 71.3 Å². The highest BCUT2D eigenvalue weighted by molar-refractivity contribution is 6.61. The van der Waals surface area contributed by atoms with E-state index < -0.39 is 7.12 Å². The van der Waals surface area contributed by atoms with Crippen LogP contribution in [0.2, 0.25) is 0 Å². The van der Waals surface area contributed by atoms with Gasteiger partial charge in [-0.2, -0.15) is 4.98 Å². The van der Waals surface area contributed by atoms with Crippen molar-refractivity contribution in [2.45, 2.75) is 26.8 Å². The smallest absolute Gasteiger partial charge is 0.423 e. The molecule has 0 saturated heterocycles. The summed E-state index contributed by atoms with van der Waals surface area (Å²) in [5, 5.41) is 31.9. The molecule has 4 rings (SSSR count). The molecule has 0 unspecified atom stereocenters. The van der Waals surface area contributed by atoms with Gasteiger partial charge in [-0.15, -0.1) is 10.2 Å². The second kappa shape index (κ2) is 8.21. The minimum atomic E-state index is -1.58. The lowest BCUT2D eigenvalue weighted by molar-refractivity contribution is 0.426. The Bertz CT molecular complexity index is 1210. The summed E-state index contributed by atoms with van der Waals surface area (Å²) >= 11 is 0. The predicted molar refractivity (Wildman–Crippen MR) is 114 cm³/mol. The maximum absolute atomic E-state index is 13.5. The van der Waals surface area contributed by atoms with E-state index in [1.54, 1.807) is 18.2 Å². The van der Waals surface area contributed by atoms with Crippen LogP contribution in [0.3, 0.4) is 0 Å². The fourth-order valence-corrected chi connectivity index (χ4v) is 3.52. The monoisotopic (exact) mass is 405 g/mol. The van der Waals surface area contributed by atoms with Crippen molar-refractivity contribution in [2.75, 3.05) is 5.32 Å². The van der Waals surface area contributed by atoms with Crippen LogP contribution in [-0.2, 0) is 13.0 Å². The highest BCUT2D eigenvalue weighted by atomic mass is 19.1. The molecule has 0 amide bonds. The number of nitrogens with zero attached hydrogens (tertiary/aromatic N) is 4. The summed E-state index contributed by atoms with van der Waals surface area (Å²) < 4.78 is 15.3. The molecule has 2 aromatic carbocycles. The molecule has 30 heavy (non-hydrogen) atoms. The Morgan fingerprint density at radius 1 is 1.10 bits per heavy atom. The zero-order valence-electron chi connectivity index (χ0n) is 16.7. The topological polar surface area (TPSA) is 96.1 Å². The van der Waals surface area contributed by atoms with Gasteiger partial charge in [0.1, 0.15) is 11.5 Å². The predicted octanol–water partition coefficient (Wildman–Crippen LogP) is 2.12. The number of rotatable bonds is 6. The lowest BCUT2D eigenvalue weighted by Crippen LogP contribution is -2.30. The lowest BCUT2D eigenvalue weighted by atomic mass is 9.78. The minimum Gasteiger partial charge on any atom is -0.423 e. The average Bonchev–Trinajstić information content (AvgIpc) is 3.07. The molecule has 0 radical (unpaired) electrons. The summed E-state index contributed by atoms with van der Waals surface area (Å²) in [6.45, 7) is 4.25. The quantitative estimate of drug-likeness (QED) is 0.426. The van der Waals surface area contributed by atoms with E-state index in [1.807, 2.05) is 36.6 Å². The first kappa shape index (κ1) is 20.0. The average molecular weight is 405 g/mol. The normalized spacial score (nSPS) is 11.1. The summed E-state index contributed by atoms with van der Waals surface area (Å²) in [5.41, 5.74) is 3.49. The molecule has 152 valence electrons. The molecular weight excluding hydrogens is 384 g/mol. The van der Waals surface area contributed by atoms with E-state index in [0.29, 0.717) is 41.3 Å². The number of fused-ring (bicyclic) bond motifs is 1. The molecule has 0 bridgehead atoms. The largest absolute Gasteiger partial charge is 0.489 e. The fourth-order valence-electron chi connectivity index (χ4n) is 3.52. The van der Waals surface area contributed by atoms with Gasteiger partial charge in [0, 0.05) is 17.6 Å². The van der Waals surface area contributed by atoms with E-state index in [1.165, 1.54) is 12.1 Å². The number of aromatic nitrogens is 4. The van der Waals surface area contributed by atoms with Gasteiger partial charge in [-0.1, -0.05) is 31.2 Å². The summed E-state index contributed by atoms with van der Waals surface area (Å²) in [6.07, 6.45) is 0.637. The Labute approximate surface area is 173 Å². The van der Waals surface area contributed by atoms with Crippen molar-refractivity contribution < 1.29 is 14.4 Å². The van der Waals surface area contributed by atoms with Gasteiger partial charge >= 0.3 is 7.12 Å². The van der Waals surface area contributed by atoms with Crippen LogP contribution in [0.25, 0.3) is 16.9 Å². The van der Waals surface area contributed by atoms with Crippen LogP contribution in [0.1, 0.15) is 23.9 Å². The van der Waals surface area contributed by atoms with Gasteiger partial charge in [0.25, 0.3) is 5.95 Å². The van der Waals surface area contributed by atoms with E-state index in [9.17, 15) is 14.4 Å². The Kier molecular flexibility index (Phi) is 5.47. The molecular formula is C21H21BFN5O2. The third-order valence-corrected chi connectivity index (χ3v) is 4.97. The Hall–Kier alpha value is -3.30. The number of anilines is 1. The molecule has 0 aliphatic rings. The maximum atomic E-state index is 13.5. The number of benzene rings is 2. The van der Waals surface area contributed by atoms with Gasteiger partial charge in [0.2, 0.25) is 0 Å². The second-order valence-corrected chi connectivity index (χ2v) is 7.02.